The van der Waals surface area contributed by atoms with Crippen molar-refractivity contribution in [1.29, 1.82) is 5.26 Å². The van der Waals surface area contributed by atoms with Gasteiger partial charge in [-0.1, -0.05) is 72.8 Å². The van der Waals surface area contributed by atoms with Crippen LogP contribution >= 0.6 is 0 Å². The van der Waals surface area contributed by atoms with Crippen molar-refractivity contribution in [2.45, 2.75) is 6.42 Å². The normalized spacial score (nSPS) is 11.0. The first-order valence-corrected chi connectivity index (χ1v) is 8.67. The predicted octanol–water partition coefficient (Wildman–Crippen LogP) is 5.96. The number of benzene rings is 3. The average Bonchev–Trinajstić information content (AvgIpc) is 3.08. The van der Waals surface area contributed by atoms with Crippen LogP contribution in [0.15, 0.2) is 84.9 Å². The van der Waals surface area contributed by atoms with Crippen LogP contribution in [0, 0.1) is 11.3 Å². The van der Waals surface area contributed by atoms with E-state index in [1.807, 2.05) is 30.3 Å². The van der Waals surface area contributed by atoms with Gasteiger partial charge in [0.05, 0.1) is 17.3 Å². The summed E-state index contributed by atoms with van der Waals surface area (Å²) in [6, 6.07) is 28.7. The molecule has 124 valence electrons. The highest BCUT2D eigenvalue weighted by Gasteiger charge is 2.11. The lowest BCUT2D eigenvalue weighted by Crippen LogP contribution is -1.85. The second-order valence-electron chi connectivity index (χ2n) is 6.23. The molecule has 0 aliphatic heterocycles. The maximum atomic E-state index is 8.90. The van der Waals surface area contributed by atoms with E-state index in [1.165, 1.54) is 22.2 Å². The summed E-state index contributed by atoms with van der Waals surface area (Å²) < 4.78 is 0. The fraction of sp³-hybridized carbons (Fsp3) is 0.0417. The van der Waals surface area contributed by atoms with Gasteiger partial charge >= 0.3 is 0 Å². The van der Waals surface area contributed by atoms with Crippen molar-refractivity contribution in [3.05, 3.63) is 102 Å². The first-order valence-electron chi connectivity index (χ1n) is 8.67. The van der Waals surface area contributed by atoms with Crippen molar-refractivity contribution in [2.75, 3.05) is 0 Å². The number of nitrogens with one attached hydrogen (secondary N) is 1. The number of fused-ring (bicyclic) bond motifs is 1. The van der Waals surface area contributed by atoms with Gasteiger partial charge in [-0.2, -0.15) is 5.26 Å². The Morgan fingerprint density at radius 3 is 2.35 bits per heavy atom. The summed E-state index contributed by atoms with van der Waals surface area (Å²) in [5.41, 5.74) is 6.63. The molecule has 0 amide bonds. The number of nitriles is 1. The lowest BCUT2D eigenvalue weighted by Gasteiger charge is -2.03. The summed E-state index contributed by atoms with van der Waals surface area (Å²) in [7, 11) is 0. The van der Waals surface area contributed by atoms with E-state index >= 15 is 0 Å². The standard InChI is InChI=1S/C24H18N2/c25-17-19-15-13-18(14-16-19)7-6-11-22-21-10-4-5-12-23(21)26-24(22)20-8-2-1-3-9-20/h1-10,12-16,26H,11H2/b7-6+. The molecule has 0 saturated heterocycles. The van der Waals surface area contributed by atoms with E-state index in [1.54, 1.807) is 0 Å². The van der Waals surface area contributed by atoms with E-state index in [0.717, 1.165) is 17.5 Å². The quantitative estimate of drug-likeness (QED) is 0.491. The minimum Gasteiger partial charge on any atom is -0.354 e. The van der Waals surface area contributed by atoms with Gasteiger partial charge in [-0.05, 0) is 41.3 Å². The molecular weight excluding hydrogens is 316 g/mol. The number of H-pyrrole nitrogens is 1. The highest BCUT2D eigenvalue weighted by Crippen LogP contribution is 2.31. The fourth-order valence-electron chi connectivity index (χ4n) is 3.24. The van der Waals surface area contributed by atoms with Crippen LogP contribution in [0.2, 0.25) is 0 Å². The summed E-state index contributed by atoms with van der Waals surface area (Å²) in [5.74, 6) is 0. The van der Waals surface area contributed by atoms with E-state index in [4.69, 9.17) is 5.26 Å². The average molecular weight is 334 g/mol. The van der Waals surface area contributed by atoms with E-state index in [2.05, 4.69) is 71.7 Å². The van der Waals surface area contributed by atoms with Gasteiger partial charge in [0.25, 0.3) is 0 Å². The number of hydrogen-bond acceptors (Lipinski definition) is 1. The Labute approximate surface area is 153 Å². The lowest BCUT2D eigenvalue weighted by molar-refractivity contribution is 1.29. The van der Waals surface area contributed by atoms with Gasteiger partial charge in [-0.25, -0.2) is 0 Å². The maximum Gasteiger partial charge on any atom is 0.0991 e. The summed E-state index contributed by atoms with van der Waals surface area (Å²) in [4.78, 5) is 3.57. The molecule has 0 aliphatic rings. The van der Waals surface area contributed by atoms with Crippen molar-refractivity contribution in [2.24, 2.45) is 0 Å². The zero-order valence-corrected chi connectivity index (χ0v) is 14.3. The van der Waals surface area contributed by atoms with Crippen molar-refractivity contribution < 1.29 is 0 Å². The lowest BCUT2D eigenvalue weighted by atomic mass is 10.0. The van der Waals surface area contributed by atoms with Crippen LogP contribution in [0.5, 0.6) is 0 Å². The van der Waals surface area contributed by atoms with Gasteiger partial charge in [-0.15, -0.1) is 0 Å². The van der Waals surface area contributed by atoms with Crippen LogP contribution in [0.1, 0.15) is 16.7 Å². The summed E-state index contributed by atoms with van der Waals surface area (Å²) >= 11 is 0. The highest BCUT2D eigenvalue weighted by molar-refractivity contribution is 5.91. The number of rotatable bonds is 4. The van der Waals surface area contributed by atoms with E-state index in [0.29, 0.717) is 5.56 Å². The van der Waals surface area contributed by atoms with Crippen LogP contribution in [-0.4, -0.2) is 4.98 Å². The van der Waals surface area contributed by atoms with E-state index < -0.39 is 0 Å². The Hall–Kier alpha value is -3.57. The van der Waals surface area contributed by atoms with Crippen molar-refractivity contribution in [3.8, 4) is 17.3 Å². The summed E-state index contributed by atoms with van der Waals surface area (Å²) in [5, 5.41) is 10.2. The predicted molar refractivity (Wildman–Crippen MR) is 108 cm³/mol. The monoisotopic (exact) mass is 334 g/mol. The fourth-order valence-corrected chi connectivity index (χ4v) is 3.24. The van der Waals surface area contributed by atoms with Crippen LogP contribution < -0.4 is 0 Å². The van der Waals surface area contributed by atoms with Gasteiger partial charge < -0.3 is 4.98 Å². The Balaban J connectivity index is 1.68. The second kappa shape index (κ2) is 7.13. The number of nitrogens with zero attached hydrogens (tertiary/aromatic N) is 1. The molecule has 0 unspecified atom stereocenters. The Bertz CT molecular complexity index is 1090. The molecule has 4 rings (SSSR count). The molecule has 2 nitrogen and oxygen atoms in total. The van der Waals surface area contributed by atoms with Crippen molar-refractivity contribution in [1.82, 2.24) is 4.98 Å². The number of aromatic nitrogens is 1. The van der Waals surface area contributed by atoms with Gasteiger partial charge in [-0.3, -0.25) is 0 Å². The topological polar surface area (TPSA) is 39.6 Å². The molecule has 2 heteroatoms. The zero-order chi connectivity index (χ0) is 17.8. The molecule has 1 aromatic heterocycles. The van der Waals surface area contributed by atoms with Crippen LogP contribution in [0.3, 0.4) is 0 Å². The molecule has 3 aromatic carbocycles. The van der Waals surface area contributed by atoms with E-state index in [9.17, 15) is 0 Å². The van der Waals surface area contributed by atoms with Crippen LogP contribution in [0.25, 0.3) is 28.2 Å². The Morgan fingerprint density at radius 2 is 1.58 bits per heavy atom. The third-order valence-corrected chi connectivity index (χ3v) is 4.55. The van der Waals surface area contributed by atoms with Gasteiger partial charge in [0.1, 0.15) is 0 Å². The number of aromatic amines is 1. The molecule has 0 atom stereocenters. The number of allylic oxidation sites excluding steroid dienone is 1. The first-order chi connectivity index (χ1) is 12.8. The molecule has 0 aliphatic carbocycles. The molecule has 0 radical (unpaired) electrons. The van der Waals surface area contributed by atoms with E-state index in [-0.39, 0.29) is 0 Å². The van der Waals surface area contributed by atoms with Gasteiger partial charge in [0, 0.05) is 10.9 Å². The Morgan fingerprint density at radius 1 is 0.846 bits per heavy atom. The summed E-state index contributed by atoms with van der Waals surface area (Å²) in [6.45, 7) is 0. The van der Waals surface area contributed by atoms with Crippen molar-refractivity contribution in [3.63, 3.8) is 0 Å². The minimum absolute atomic E-state index is 0.685. The van der Waals surface area contributed by atoms with Crippen LogP contribution in [-0.2, 0) is 6.42 Å². The van der Waals surface area contributed by atoms with Crippen LogP contribution in [0.4, 0.5) is 0 Å². The third-order valence-electron chi connectivity index (χ3n) is 4.55. The third kappa shape index (κ3) is 3.16. The smallest absolute Gasteiger partial charge is 0.0991 e. The minimum atomic E-state index is 0.685. The highest BCUT2D eigenvalue weighted by atomic mass is 14.7. The molecule has 0 fully saturated rings. The second-order valence-corrected chi connectivity index (χ2v) is 6.23. The largest absolute Gasteiger partial charge is 0.354 e. The van der Waals surface area contributed by atoms with Crippen molar-refractivity contribution >= 4 is 17.0 Å². The number of para-hydroxylation sites is 1. The SMILES string of the molecule is N#Cc1ccc(/C=C/Cc2c(-c3ccccc3)[nH]c3ccccc23)cc1. The molecule has 0 bridgehead atoms. The summed E-state index contributed by atoms with van der Waals surface area (Å²) in [6.07, 6.45) is 5.13. The molecule has 1 N–H and O–H groups in total. The molecular formula is C24H18N2. The molecule has 26 heavy (non-hydrogen) atoms. The van der Waals surface area contributed by atoms with Gasteiger partial charge in [0.2, 0.25) is 0 Å². The zero-order valence-electron chi connectivity index (χ0n) is 14.3. The number of hydrogen-bond donors (Lipinski definition) is 1. The Kier molecular flexibility index (Phi) is 4.37. The first kappa shape index (κ1) is 15.9. The molecule has 4 aromatic rings. The van der Waals surface area contributed by atoms with Gasteiger partial charge in [0.15, 0.2) is 0 Å². The maximum absolute atomic E-state index is 8.90. The molecule has 0 saturated carbocycles. The molecule has 0 spiro atoms. The molecule has 1 heterocycles.